The third-order valence-corrected chi connectivity index (χ3v) is 4.54. The van der Waals surface area contributed by atoms with Crippen LogP contribution >= 0.6 is 0 Å². The van der Waals surface area contributed by atoms with Crippen LogP contribution in [0.3, 0.4) is 0 Å². The molecule has 3 rings (SSSR count). The summed E-state index contributed by atoms with van der Waals surface area (Å²) in [4.78, 5) is 18.7. The topological polar surface area (TPSA) is 45.2 Å². The zero-order valence-corrected chi connectivity index (χ0v) is 16.1. The van der Waals surface area contributed by atoms with Crippen molar-refractivity contribution in [2.24, 2.45) is 0 Å². The molecule has 1 amide bonds. The fraction of sp³-hybridized carbons (Fsp3) is 0.273. The van der Waals surface area contributed by atoms with Crippen LogP contribution < -0.4 is 5.32 Å². The number of hydrogen-bond donors (Lipinski definition) is 1. The molecule has 0 aliphatic heterocycles. The predicted octanol–water partition coefficient (Wildman–Crippen LogP) is 4.37. The Bertz CT molecular complexity index is 977. The average Bonchev–Trinajstić information content (AvgIpc) is 2.57. The lowest BCUT2D eigenvalue weighted by Gasteiger charge is -2.19. The van der Waals surface area contributed by atoms with Crippen LogP contribution in [0.4, 0.5) is 10.1 Å². The van der Waals surface area contributed by atoms with E-state index in [4.69, 9.17) is 0 Å². The number of nitrogens with one attached hydrogen (secondary N) is 1. The van der Waals surface area contributed by atoms with Gasteiger partial charge >= 0.3 is 0 Å². The molecule has 0 bridgehead atoms. The number of pyridine rings is 1. The first-order valence-corrected chi connectivity index (χ1v) is 8.93. The Morgan fingerprint density at radius 1 is 1.15 bits per heavy atom. The van der Waals surface area contributed by atoms with Crippen molar-refractivity contribution in [1.29, 1.82) is 0 Å². The van der Waals surface area contributed by atoms with E-state index >= 15 is 0 Å². The Balaban J connectivity index is 1.71. The number of rotatable bonds is 5. The van der Waals surface area contributed by atoms with Gasteiger partial charge in [0.15, 0.2) is 0 Å². The summed E-state index contributed by atoms with van der Waals surface area (Å²) in [5.41, 5.74) is 5.65. The third kappa shape index (κ3) is 4.49. The number of anilines is 1. The fourth-order valence-corrected chi connectivity index (χ4v) is 3.50. The van der Waals surface area contributed by atoms with Crippen LogP contribution in [0.25, 0.3) is 10.9 Å². The lowest BCUT2D eigenvalue weighted by Crippen LogP contribution is -2.30. The molecule has 1 heterocycles. The summed E-state index contributed by atoms with van der Waals surface area (Å²) in [6, 6.07) is 10.7. The third-order valence-electron chi connectivity index (χ3n) is 4.54. The number of nitrogens with zero attached hydrogens (tertiary/aromatic N) is 2. The van der Waals surface area contributed by atoms with Gasteiger partial charge in [-0.3, -0.25) is 14.7 Å². The fourth-order valence-electron chi connectivity index (χ4n) is 3.50. The van der Waals surface area contributed by atoms with Crippen molar-refractivity contribution in [2.45, 2.75) is 27.3 Å². The molecule has 0 unspecified atom stereocenters. The summed E-state index contributed by atoms with van der Waals surface area (Å²) in [5.74, 6) is -0.393. The second-order valence-corrected chi connectivity index (χ2v) is 7.13. The van der Waals surface area contributed by atoms with Crippen LogP contribution in [-0.2, 0) is 11.3 Å². The van der Waals surface area contributed by atoms with Gasteiger partial charge in [0.2, 0.25) is 5.91 Å². The minimum Gasteiger partial charge on any atom is -0.324 e. The summed E-state index contributed by atoms with van der Waals surface area (Å²) >= 11 is 0. The molecular weight excluding hydrogens is 341 g/mol. The molecule has 5 heteroatoms. The number of carbonyl (C=O) groups excluding carboxylic acids is 1. The molecule has 0 saturated carbocycles. The van der Waals surface area contributed by atoms with E-state index in [1.807, 2.05) is 38.8 Å². The van der Waals surface area contributed by atoms with Crippen molar-refractivity contribution < 1.29 is 9.18 Å². The van der Waals surface area contributed by atoms with Gasteiger partial charge in [0.05, 0.1) is 12.1 Å². The highest BCUT2D eigenvalue weighted by molar-refractivity contribution is 5.93. The Morgan fingerprint density at radius 2 is 1.85 bits per heavy atom. The van der Waals surface area contributed by atoms with Crippen molar-refractivity contribution >= 4 is 22.5 Å². The minimum atomic E-state index is -0.297. The molecule has 2 aromatic carbocycles. The van der Waals surface area contributed by atoms with E-state index in [-0.39, 0.29) is 18.3 Å². The highest BCUT2D eigenvalue weighted by Crippen LogP contribution is 2.22. The number of fused-ring (bicyclic) bond motifs is 1. The first-order valence-electron chi connectivity index (χ1n) is 8.93. The maximum absolute atomic E-state index is 13.9. The first-order chi connectivity index (χ1) is 12.8. The van der Waals surface area contributed by atoms with Gasteiger partial charge in [0, 0.05) is 23.8 Å². The van der Waals surface area contributed by atoms with Gasteiger partial charge in [0.25, 0.3) is 0 Å². The van der Waals surface area contributed by atoms with E-state index < -0.39 is 0 Å². The number of halogens is 1. The standard InChI is InChI=1S/C22H24FN3O/c1-14-8-15(2)21(16(3)9-14)25-20(27)13-26(4)12-18-11-19(23)10-17-6-5-7-24-22(17)18/h5-11H,12-13H2,1-4H3,(H,25,27). The van der Waals surface area contributed by atoms with Crippen molar-refractivity contribution in [1.82, 2.24) is 9.88 Å². The van der Waals surface area contributed by atoms with E-state index in [1.54, 1.807) is 12.3 Å². The van der Waals surface area contributed by atoms with E-state index in [9.17, 15) is 9.18 Å². The number of aryl methyl sites for hydroxylation is 3. The van der Waals surface area contributed by atoms with Crippen LogP contribution in [0, 0.1) is 26.6 Å². The van der Waals surface area contributed by atoms with Gasteiger partial charge in [-0.2, -0.15) is 0 Å². The maximum Gasteiger partial charge on any atom is 0.238 e. The zero-order valence-electron chi connectivity index (χ0n) is 16.1. The highest BCUT2D eigenvalue weighted by atomic mass is 19.1. The second kappa shape index (κ2) is 7.84. The molecule has 0 spiro atoms. The van der Waals surface area contributed by atoms with Crippen LogP contribution in [0.1, 0.15) is 22.3 Å². The van der Waals surface area contributed by atoms with E-state index in [0.717, 1.165) is 33.3 Å². The molecule has 0 saturated heterocycles. The summed E-state index contributed by atoms with van der Waals surface area (Å²) in [6.07, 6.45) is 1.69. The van der Waals surface area contributed by atoms with Gasteiger partial charge < -0.3 is 5.32 Å². The van der Waals surface area contributed by atoms with Gasteiger partial charge in [-0.25, -0.2) is 4.39 Å². The number of benzene rings is 2. The molecule has 0 fully saturated rings. The van der Waals surface area contributed by atoms with Crippen LogP contribution in [0.2, 0.25) is 0 Å². The van der Waals surface area contributed by atoms with Crippen molar-refractivity contribution in [3.05, 3.63) is 70.7 Å². The quantitative estimate of drug-likeness (QED) is 0.730. The normalized spacial score (nSPS) is 11.2. The highest BCUT2D eigenvalue weighted by Gasteiger charge is 2.13. The smallest absolute Gasteiger partial charge is 0.238 e. The van der Waals surface area contributed by atoms with Crippen LogP contribution in [-0.4, -0.2) is 29.4 Å². The minimum absolute atomic E-state index is 0.0961. The Labute approximate surface area is 159 Å². The summed E-state index contributed by atoms with van der Waals surface area (Å²) in [6.45, 7) is 6.66. The number of aromatic nitrogens is 1. The molecule has 140 valence electrons. The molecule has 4 nitrogen and oxygen atoms in total. The van der Waals surface area contributed by atoms with E-state index in [0.29, 0.717) is 6.54 Å². The van der Waals surface area contributed by atoms with Crippen molar-refractivity contribution in [3.63, 3.8) is 0 Å². The predicted molar refractivity (Wildman–Crippen MR) is 107 cm³/mol. The average molecular weight is 365 g/mol. The van der Waals surface area contributed by atoms with Gasteiger partial charge in [0.1, 0.15) is 5.82 Å². The number of carbonyl (C=O) groups is 1. The molecular formula is C22H24FN3O. The summed E-state index contributed by atoms with van der Waals surface area (Å²) < 4.78 is 13.9. The van der Waals surface area contributed by atoms with Crippen LogP contribution in [0.5, 0.6) is 0 Å². The molecule has 1 aromatic heterocycles. The first kappa shape index (κ1) is 19.0. The lowest BCUT2D eigenvalue weighted by molar-refractivity contribution is -0.117. The summed E-state index contributed by atoms with van der Waals surface area (Å²) in [5, 5.41) is 3.76. The monoisotopic (exact) mass is 365 g/mol. The molecule has 0 atom stereocenters. The molecule has 0 aliphatic carbocycles. The molecule has 1 N–H and O–H groups in total. The van der Waals surface area contributed by atoms with Gasteiger partial charge in [-0.05, 0) is 62.7 Å². The summed E-state index contributed by atoms with van der Waals surface area (Å²) in [7, 11) is 1.84. The zero-order chi connectivity index (χ0) is 19.6. The Morgan fingerprint density at radius 3 is 2.56 bits per heavy atom. The number of likely N-dealkylation sites (N-methyl/N-ethyl adjacent to an activating group) is 1. The van der Waals surface area contributed by atoms with Gasteiger partial charge in [-0.15, -0.1) is 0 Å². The maximum atomic E-state index is 13.9. The largest absolute Gasteiger partial charge is 0.324 e. The molecule has 0 aliphatic rings. The molecule has 0 radical (unpaired) electrons. The Hall–Kier alpha value is -2.79. The number of hydrogen-bond acceptors (Lipinski definition) is 3. The van der Waals surface area contributed by atoms with Crippen molar-refractivity contribution in [3.8, 4) is 0 Å². The van der Waals surface area contributed by atoms with Crippen molar-refractivity contribution in [2.75, 3.05) is 18.9 Å². The molecule has 3 aromatic rings. The second-order valence-electron chi connectivity index (χ2n) is 7.13. The molecule has 27 heavy (non-hydrogen) atoms. The van der Waals surface area contributed by atoms with Crippen LogP contribution in [0.15, 0.2) is 42.6 Å². The number of amides is 1. The van der Waals surface area contributed by atoms with E-state index in [1.165, 1.54) is 17.7 Å². The Kier molecular flexibility index (Phi) is 5.51. The lowest BCUT2D eigenvalue weighted by atomic mass is 10.1. The SMILES string of the molecule is Cc1cc(C)c(NC(=O)CN(C)Cc2cc(F)cc3cccnc23)c(C)c1. The van der Waals surface area contributed by atoms with E-state index in [2.05, 4.69) is 22.4 Å². The van der Waals surface area contributed by atoms with Gasteiger partial charge in [-0.1, -0.05) is 23.8 Å².